The van der Waals surface area contributed by atoms with E-state index in [0.29, 0.717) is 69.5 Å². The number of carbonyl (C=O) groups is 1. The summed E-state index contributed by atoms with van der Waals surface area (Å²) < 4.78 is 24.3. The summed E-state index contributed by atoms with van der Waals surface area (Å²) in [6.07, 6.45) is 0. The fourth-order valence-electron chi connectivity index (χ4n) is 3.51. The largest absolute Gasteiger partial charge is 0.377 e. The fraction of sp³-hybridized carbons (Fsp3) is 0.241. The second-order valence-corrected chi connectivity index (χ2v) is 8.55. The van der Waals surface area contributed by atoms with Gasteiger partial charge in [-0.05, 0) is 42.0 Å². The highest BCUT2D eigenvalue weighted by Crippen LogP contribution is 2.16. The van der Waals surface area contributed by atoms with Gasteiger partial charge in [-0.3, -0.25) is 4.79 Å². The number of hydrogen-bond donors (Lipinski definition) is 4. The molecule has 0 aliphatic rings. The Hall–Kier alpha value is -4.61. The van der Waals surface area contributed by atoms with Crippen molar-refractivity contribution in [2.75, 3.05) is 55.5 Å². The summed E-state index contributed by atoms with van der Waals surface area (Å²) in [7, 11) is 0. The number of hydrogen-bond acceptors (Lipinski definition) is 9. The van der Waals surface area contributed by atoms with E-state index in [4.69, 9.17) is 9.47 Å². The zero-order valence-electron chi connectivity index (χ0n) is 22.0. The molecule has 40 heavy (non-hydrogen) atoms. The minimum Gasteiger partial charge on any atom is -0.377 e. The maximum absolute atomic E-state index is 13.2. The third-order valence-electron chi connectivity index (χ3n) is 5.50. The summed E-state index contributed by atoms with van der Waals surface area (Å²) in [5.41, 5.74) is 2.35. The molecule has 1 aromatic heterocycles. The first-order valence-corrected chi connectivity index (χ1v) is 12.9. The maximum atomic E-state index is 13.2. The summed E-state index contributed by atoms with van der Waals surface area (Å²) in [5, 5.41) is 12.3. The van der Waals surface area contributed by atoms with Crippen molar-refractivity contribution in [1.82, 2.24) is 20.3 Å². The average molecular weight is 546 g/mol. The van der Waals surface area contributed by atoms with Crippen LogP contribution in [0.5, 0.6) is 0 Å². The Morgan fingerprint density at radius 1 is 0.675 bits per heavy atom. The van der Waals surface area contributed by atoms with Gasteiger partial charge >= 0.3 is 0 Å². The summed E-state index contributed by atoms with van der Waals surface area (Å²) in [6.45, 7) is 2.96. The highest BCUT2D eigenvalue weighted by atomic mass is 19.1. The predicted octanol–water partition coefficient (Wildman–Crippen LogP) is 4.24. The van der Waals surface area contributed by atoms with E-state index in [0.717, 1.165) is 11.3 Å². The Morgan fingerprint density at radius 3 is 1.98 bits per heavy atom. The number of nitrogens with zero attached hydrogens (tertiary/aromatic N) is 3. The van der Waals surface area contributed by atoms with Crippen molar-refractivity contribution in [3.8, 4) is 0 Å². The number of carbonyl (C=O) groups excluding carboxylic acids is 1. The number of ether oxygens (including phenoxy) is 2. The van der Waals surface area contributed by atoms with Gasteiger partial charge in [-0.15, -0.1) is 0 Å². The highest BCUT2D eigenvalue weighted by Gasteiger charge is 2.08. The van der Waals surface area contributed by atoms with E-state index >= 15 is 0 Å². The van der Waals surface area contributed by atoms with Gasteiger partial charge in [0.1, 0.15) is 5.82 Å². The van der Waals surface area contributed by atoms with Gasteiger partial charge in [-0.1, -0.05) is 48.5 Å². The van der Waals surface area contributed by atoms with E-state index in [9.17, 15) is 9.18 Å². The van der Waals surface area contributed by atoms with Gasteiger partial charge in [0.2, 0.25) is 17.8 Å². The van der Waals surface area contributed by atoms with Crippen LogP contribution in [0.3, 0.4) is 0 Å². The van der Waals surface area contributed by atoms with Crippen molar-refractivity contribution in [3.05, 3.63) is 102 Å². The number of anilines is 4. The van der Waals surface area contributed by atoms with Crippen molar-refractivity contribution < 1.29 is 18.7 Å². The number of para-hydroxylation sites is 1. The van der Waals surface area contributed by atoms with E-state index in [1.807, 2.05) is 48.5 Å². The first-order chi connectivity index (χ1) is 19.7. The van der Waals surface area contributed by atoms with Crippen LogP contribution in [0.15, 0.2) is 84.9 Å². The van der Waals surface area contributed by atoms with E-state index in [-0.39, 0.29) is 11.7 Å². The van der Waals surface area contributed by atoms with Crippen LogP contribution in [0.25, 0.3) is 0 Å². The molecule has 10 nitrogen and oxygen atoms in total. The topological polar surface area (TPSA) is 122 Å². The molecule has 1 amide bonds. The van der Waals surface area contributed by atoms with Crippen molar-refractivity contribution in [2.24, 2.45) is 0 Å². The van der Waals surface area contributed by atoms with Gasteiger partial charge in [0.15, 0.2) is 0 Å². The molecule has 0 spiro atoms. The standard InChI is InChI=1S/C29H32FN7O3/c30-24-13-11-22(12-14-24)21-33-28-35-27(36-29(37-28)34-25-9-5-2-6-10-25)32-16-18-40-20-19-39-17-15-31-26(38)23-7-3-1-4-8-23/h1-14H,15-21H2,(H,31,38)(H3,32,33,34,35,36,37). The number of rotatable bonds is 16. The molecule has 0 bridgehead atoms. The van der Waals surface area contributed by atoms with Crippen LogP contribution >= 0.6 is 0 Å². The Bertz CT molecular complexity index is 1310. The lowest BCUT2D eigenvalue weighted by Gasteiger charge is -2.12. The maximum Gasteiger partial charge on any atom is 0.251 e. The van der Waals surface area contributed by atoms with Gasteiger partial charge in [-0.2, -0.15) is 15.0 Å². The Labute approximate surface area is 232 Å². The molecule has 208 valence electrons. The normalized spacial score (nSPS) is 10.6. The van der Waals surface area contributed by atoms with Crippen molar-refractivity contribution in [2.45, 2.75) is 6.54 Å². The van der Waals surface area contributed by atoms with Crippen LogP contribution < -0.4 is 21.3 Å². The van der Waals surface area contributed by atoms with E-state index in [2.05, 4.69) is 36.2 Å². The molecule has 0 fully saturated rings. The Morgan fingerprint density at radius 2 is 1.27 bits per heavy atom. The lowest BCUT2D eigenvalue weighted by Crippen LogP contribution is -2.27. The second-order valence-electron chi connectivity index (χ2n) is 8.55. The molecule has 0 saturated carbocycles. The number of amides is 1. The molecule has 0 atom stereocenters. The molecule has 0 aliphatic heterocycles. The third kappa shape index (κ3) is 9.93. The van der Waals surface area contributed by atoms with Gasteiger partial charge in [0.05, 0.1) is 26.4 Å². The van der Waals surface area contributed by atoms with Gasteiger partial charge in [0.25, 0.3) is 5.91 Å². The molecule has 0 aliphatic carbocycles. The minimum atomic E-state index is -0.286. The van der Waals surface area contributed by atoms with E-state index in [1.165, 1.54) is 12.1 Å². The Kier molecular flexibility index (Phi) is 11.2. The molecule has 11 heteroatoms. The van der Waals surface area contributed by atoms with Crippen LogP contribution in [-0.2, 0) is 16.0 Å². The quantitative estimate of drug-likeness (QED) is 0.153. The minimum absolute atomic E-state index is 0.124. The van der Waals surface area contributed by atoms with Crippen LogP contribution in [-0.4, -0.2) is 60.4 Å². The smallest absolute Gasteiger partial charge is 0.251 e. The monoisotopic (exact) mass is 545 g/mol. The third-order valence-corrected chi connectivity index (χ3v) is 5.50. The van der Waals surface area contributed by atoms with Crippen molar-refractivity contribution in [3.63, 3.8) is 0 Å². The Balaban J connectivity index is 1.18. The van der Waals surface area contributed by atoms with Gasteiger partial charge in [0, 0.05) is 30.9 Å². The van der Waals surface area contributed by atoms with E-state index < -0.39 is 0 Å². The van der Waals surface area contributed by atoms with Crippen molar-refractivity contribution >= 4 is 29.4 Å². The van der Waals surface area contributed by atoms with Crippen LogP contribution in [0.1, 0.15) is 15.9 Å². The molecule has 1 heterocycles. The molecule has 0 radical (unpaired) electrons. The summed E-state index contributed by atoms with van der Waals surface area (Å²) >= 11 is 0. The van der Waals surface area contributed by atoms with Crippen LogP contribution in [0.2, 0.25) is 0 Å². The van der Waals surface area contributed by atoms with Gasteiger partial charge < -0.3 is 30.7 Å². The zero-order valence-corrected chi connectivity index (χ0v) is 22.0. The number of benzene rings is 3. The van der Waals surface area contributed by atoms with Gasteiger partial charge in [-0.25, -0.2) is 4.39 Å². The van der Waals surface area contributed by atoms with Crippen molar-refractivity contribution in [1.29, 1.82) is 0 Å². The molecule has 0 saturated heterocycles. The summed E-state index contributed by atoms with van der Waals surface area (Å²) in [6, 6.07) is 24.9. The molecule has 0 unspecified atom stereocenters. The number of nitrogens with one attached hydrogen (secondary N) is 4. The lowest BCUT2D eigenvalue weighted by molar-refractivity contribution is 0.0519. The number of aromatic nitrogens is 3. The van der Waals surface area contributed by atoms with Crippen LogP contribution in [0, 0.1) is 5.82 Å². The average Bonchev–Trinajstić information content (AvgIpc) is 2.98. The number of halogens is 1. The molecule has 4 N–H and O–H groups in total. The predicted molar refractivity (Wildman–Crippen MR) is 152 cm³/mol. The first-order valence-electron chi connectivity index (χ1n) is 12.9. The fourth-order valence-corrected chi connectivity index (χ4v) is 3.51. The summed E-state index contributed by atoms with van der Waals surface area (Å²) in [4.78, 5) is 25.3. The zero-order chi connectivity index (χ0) is 27.8. The SMILES string of the molecule is O=C(NCCOCCOCCNc1nc(NCc2ccc(F)cc2)nc(Nc2ccccc2)n1)c1ccccc1. The molecule has 4 aromatic rings. The van der Waals surface area contributed by atoms with Crippen LogP contribution in [0.4, 0.5) is 27.9 Å². The summed E-state index contributed by atoms with van der Waals surface area (Å²) in [5.74, 6) is 0.712. The highest BCUT2D eigenvalue weighted by molar-refractivity contribution is 5.94. The lowest BCUT2D eigenvalue weighted by atomic mass is 10.2. The molecule has 4 rings (SSSR count). The second kappa shape index (κ2) is 15.7. The first kappa shape index (κ1) is 28.4. The van der Waals surface area contributed by atoms with E-state index in [1.54, 1.807) is 24.3 Å². The molecule has 3 aromatic carbocycles. The molecular formula is C29H32FN7O3. The molecular weight excluding hydrogens is 513 g/mol.